The van der Waals surface area contributed by atoms with Crippen LogP contribution in [0.25, 0.3) is 0 Å². The van der Waals surface area contributed by atoms with Crippen LogP contribution in [0.2, 0.25) is 0 Å². The van der Waals surface area contributed by atoms with Crippen molar-refractivity contribution in [3.05, 3.63) is 59.7 Å². The SMILES string of the molecule is BrC1=NC=NC2C1=CC=CC2c1ccccc1. The highest BCUT2D eigenvalue weighted by Crippen LogP contribution is 2.34. The quantitative estimate of drug-likeness (QED) is 0.755. The number of hydrogen-bond acceptors (Lipinski definition) is 2. The standard InChI is InChI=1S/C14H11BrN2/c15-14-12-8-4-7-11(13(12)16-9-17-14)10-5-2-1-3-6-10/h1-9,11,13H. The van der Waals surface area contributed by atoms with Crippen molar-refractivity contribution in [1.29, 1.82) is 0 Å². The topological polar surface area (TPSA) is 24.7 Å². The Balaban J connectivity index is 2.00. The highest BCUT2D eigenvalue weighted by Gasteiger charge is 2.29. The lowest BCUT2D eigenvalue weighted by Crippen LogP contribution is -2.25. The van der Waals surface area contributed by atoms with E-state index in [9.17, 15) is 0 Å². The second-order valence-corrected chi connectivity index (χ2v) is 4.82. The predicted molar refractivity (Wildman–Crippen MR) is 75.0 cm³/mol. The molecule has 17 heavy (non-hydrogen) atoms. The van der Waals surface area contributed by atoms with Crippen LogP contribution in [0, 0.1) is 0 Å². The first-order chi connectivity index (χ1) is 8.36. The molecule has 0 saturated carbocycles. The maximum absolute atomic E-state index is 4.50. The number of halogens is 1. The molecular formula is C14H11BrN2. The van der Waals surface area contributed by atoms with Crippen molar-refractivity contribution in [3.63, 3.8) is 0 Å². The molecule has 3 heteroatoms. The number of hydrogen-bond donors (Lipinski definition) is 0. The molecule has 1 heterocycles. The Morgan fingerprint density at radius 2 is 1.94 bits per heavy atom. The van der Waals surface area contributed by atoms with E-state index in [-0.39, 0.29) is 6.04 Å². The van der Waals surface area contributed by atoms with Gasteiger partial charge in [0.2, 0.25) is 0 Å². The Hall–Kier alpha value is -1.48. The minimum absolute atomic E-state index is 0.147. The molecule has 1 aromatic rings. The lowest BCUT2D eigenvalue weighted by atomic mass is 9.84. The van der Waals surface area contributed by atoms with Gasteiger partial charge < -0.3 is 0 Å². The Morgan fingerprint density at radius 1 is 1.12 bits per heavy atom. The molecule has 2 unspecified atom stereocenters. The van der Waals surface area contributed by atoms with Crippen molar-refractivity contribution < 1.29 is 0 Å². The van der Waals surface area contributed by atoms with E-state index in [4.69, 9.17) is 0 Å². The third-order valence-corrected chi connectivity index (χ3v) is 3.74. The van der Waals surface area contributed by atoms with Gasteiger partial charge in [-0.3, -0.25) is 4.99 Å². The van der Waals surface area contributed by atoms with Gasteiger partial charge >= 0.3 is 0 Å². The number of allylic oxidation sites excluding steroid dienone is 2. The molecule has 0 bridgehead atoms. The van der Waals surface area contributed by atoms with Gasteiger partial charge in [-0.1, -0.05) is 48.6 Å². The number of benzene rings is 1. The van der Waals surface area contributed by atoms with Gasteiger partial charge in [-0.05, 0) is 21.5 Å². The predicted octanol–water partition coefficient (Wildman–Crippen LogP) is 3.47. The van der Waals surface area contributed by atoms with Crippen LogP contribution in [0.15, 0.2) is 64.1 Å². The van der Waals surface area contributed by atoms with Crippen molar-refractivity contribution in [2.24, 2.45) is 9.98 Å². The molecule has 0 spiro atoms. The summed E-state index contributed by atoms with van der Waals surface area (Å²) in [5.74, 6) is 0.301. The Morgan fingerprint density at radius 3 is 2.76 bits per heavy atom. The van der Waals surface area contributed by atoms with Gasteiger partial charge in [0.05, 0.1) is 6.04 Å². The monoisotopic (exact) mass is 286 g/mol. The van der Waals surface area contributed by atoms with E-state index >= 15 is 0 Å². The molecule has 1 aliphatic heterocycles. The third kappa shape index (κ3) is 1.91. The van der Waals surface area contributed by atoms with Crippen molar-refractivity contribution in [2.75, 3.05) is 0 Å². The number of aliphatic imine (C=N–C) groups is 2. The largest absolute Gasteiger partial charge is 0.264 e. The van der Waals surface area contributed by atoms with Gasteiger partial charge in [-0.15, -0.1) is 0 Å². The average Bonchev–Trinajstić information content (AvgIpc) is 2.40. The van der Waals surface area contributed by atoms with E-state index in [1.165, 1.54) is 5.56 Å². The summed E-state index contributed by atoms with van der Waals surface area (Å²) >= 11 is 3.49. The molecule has 1 aromatic carbocycles. The maximum Gasteiger partial charge on any atom is 0.113 e. The van der Waals surface area contributed by atoms with Crippen LogP contribution in [0.5, 0.6) is 0 Å². The highest BCUT2D eigenvalue weighted by molar-refractivity contribution is 9.18. The van der Waals surface area contributed by atoms with Crippen LogP contribution in [0.3, 0.4) is 0 Å². The molecular weight excluding hydrogens is 276 g/mol. The van der Waals surface area contributed by atoms with E-state index < -0.39 is 0 Å². The van der Waals surface area contributed by atoms with E-state index in [1.54, 1.807) is 6.34 Å². The summed E-state index contributed by atoms with van der Waals surface area (Å²) in [5, 5.41) is 0. The van der Waals surface area contributed by atoms with Gasteiger partial charge in [0.25, 0.3) is 0 Å². The first-order valence-corrected chi connectivity index (χ1v) is 6.34. The van der Waals surface area contributed by atoms with E-state index in [1.807, 2.05) is 6.07 Å². The van der Waals surface area contributed by atoms with E-state index in [2.05, 4.69) is 68.4 Å². The molecule has 0 saturated heterocycles. The van der Waals surface area contributed by atoms with Gasteiger partial charge in [0.1, 0.15) is 11.0 Å². The van der Waals surface area contributed by atoms with Crippen LogP contribution in [0.1, 0.15) is 11.5 Å². The molecule has 84 valence electrons. The summed E-state index contributed by atoms with van der Waals surface area (Å²) in [6.07, 6.45) is 8.00. The van der Waals surface area contributed by atoms with Gasteiger partial charge in [0, 0.05) is 11.5 Å². The van der Waals surface area contributed by atoms with Crippen LogP contribution >= 0.6 is 15.9 Å². The molecule has 0 fully saturated rings. The van der Waals surface area contributed by atoms with Gasteiger partial charge in [-0.25, -0.2) is 4.99 Å². The molecule has 0 N–H and O–H groups in total. The lowest BCUT2D eigenvalue weighted by molar-refractivity contribution is 0.699. The lowest BCUT2D eigenvalue weighted by Gasteiger charge is -2.27. The number of fused-ring (bicyclic) bond motifs is 1. The summed E-state index contributed by atoms with van der Waals surface area (Å²) < 4.78 is 0.891. The van der Waals surface area contributed by atoms with Crippen molar-refractivity contribution in [1.82, 2.24) is 0 Å². The summed E-state index contributed by atoms with van der Waals surface area (Å²) in [6, 6.07) is 10.6. The van der Waals surface area contributed by atoms with Crippen LogP contribution < -0.4 is 0 Å². The van der Waals surface area contributed by atoms with Crippen LogP contribution in [0.4, 0.5) is 0 Å². The van der Waals surface area contributed by atoms with E-state index in [0.29, 0.717) is 5.92 Å². The minimum atomic E-state index is 0.147. The fourth-order valence-corrected chi connectivity index (χ4v) is 2.70. The second kappa shape index (κ2) is 4.41. The molecule has 3 rings (SSSR count). The fraction of sp³-hybridized carbons (Fsp3) is 0.143. The van der Waals surface area contributed by atoms with Gasteiger partial charge in [0.15, 0.2) is 0 Å². The summed E-state index contributed by atoms with van der Waals surface area (Å²) in [5.41, 5.74) is 2.45. The smallest absolute Gasteiger partial charge is 0.113 e. The molecule has 2 atom stereocenters. The average molecular weight is 287 g/mol. The number of nitrogens with zero attached hydrogens (tertiary/aromatic N) is 2. The summed E-state index contributed by atoms with van der Waals surface area (Å²) in [6.45, 7) is 0. The highest BCUT2D eigenvalue weighted by atomic mass is 79.9. The fourth-order valence-electron chi connectivity index (χ4n) is 2.24. The zero-order valence-electron chi connectivity index (χ0n) is 9.12. The van der Waals surface area contributed by atoms with Crippen LogP contribution in [-0.2, 0) is 0 Å². The van der Waals surface area contributed by atoms with Crippen molar-refractivity contribution in [2.45, 2.75) is 12.0 Å². The van der Waals surface area contributed by atoms with Crippen molar-refractivity contribution >= 4 is 26.9 Å². The molecule has 1 aliphatic carbocycles. The third-order valence-electron chi connectivity index (χ3n) is 3.07. The normalized spacial score (nSPS) is 26.2. The van der Waals surface area contributed by atoms with Crippen LogP contribution in [-0.4, -0.2) is 17.0 Å². The minimum Gasteiger partial charge on any atom is -0.264 e. The molecule has 2 nitrogen and oxygen atoms in total. The Bertz CT molecular complexity index is 541. The molecule has 0 aromatic heterocycles. The molecule has 0 radical (unpaired) electrons. The first kappa shape index (κ1) is 10.7. The maximum atomic E-state index is 4.50. The zero-order chi connectivity index (χ0) is 11.7. The Labute approximate surface area is 109 Å². The van der Waals surface area contributed by atoms with Gasteiger partial charge in [-0.2, -0.15) is 0 Å². The molecule has 2 aliphatic rings. The second-order valence-electron chi connectivity index (χ2n) is 4.07. The first-order valence-electron chi connectivity index (χ1n) is 5.55. The summed E-state index contributed by atoms with van der Waals surface area (Å²) in [4.78, 5) is 8.68. The summed E-state index contributed by atoms with van der Waals surface area (Å²) in [7, 11) is 0. The van der Waals surface area contributed by atoms with E-state index in [0.717, 1.165) is 10.2 Å². The number of rotatable bonds is 1. The Kier molecular flexibility index (Phi) is 2.77. The molecule has 0 amide bonds. The van der Waals surface area contributed by atoms with Crippen molar-refractivity contribution in [3.8, 4) is 0 Å². The zero-order valence-corrected chi connectivity index (χ0v) is 10.7.